The molecule has 0 atom stereocenters. The highest BCUT2D eigenvalue weighted by atomic mass is 32.2. The molecule has 0 aliphatic carbocycles. The van der Waals surface area contributed by atoms with Crippen LogP contribution in [0.25, 0.3) is 0 Å². The Labute approximate surface area is 157 Å². The Balaban J connectivity index is 1.86. The van der Waals surface area contributed by atoms with Crippen LogP contribution in [0, 0.1) is 5.92 Å². The lowest BCUT2D eigenvalue weighted by molar-refractivity contribution is -0.126. The molecular weight excluding hydrogens is 352 g/mol. The average Bonchev–Trinajstić information content (AvgIpc) is 2.65. The highest BCUT2D eigenvalue weighted by molar-refractivity contribution is 7.89. The Kier molecular flexibility index (Phi) is 7.61. The van der Waals surface area contributed by atoms with Crippen LogP contribution in [0.3, 0.4) is 0 Å². The normalized spacial score (nSPS) is 16.8. The zero-order valence-corrected chi connectivity index (χ0v) is 16.7. The van der Waals surface area contributed by atoms with Crippen molar-refractivity contribution in [2.24, 2.45) is 5.92 Å². The Hall–Kier alpha value is -1.44. The van der Waals surface area contributed by atoms with Crippen molar-refractivity contribution in [2.75, 3.05) is 18.8 Å². The summed E-state index contributed by atoms with van der Waals surface area (Å²) in [6, 6.07) is 7.93. The molecule has 26 heavy (non-hydrogen) atoms. The summed E-state index contributed by atoms with van der Waals surface area (Å²) in [7, 11) is -3.16. The van der Waals surface area contributed by atoms with Crippen molar-refractivity contribution in [3.05, 3.63) is 35.4 Å². The predicted molar refractivity (Wildman–Crippen MR) is 102 cm³/mol. The lowest BCUT2D eigenvalue weighted by atomic mass is 9.97. The monoisotopic (exact) mass is 382 g/mol. The zero-order valence-electron chi connectivity index (χ0n) is 15.9. The predicted octanol–water partition coefficient (Wildman–Crippen LogP) is 2.29. The third kappa shape index (κ3) is 5.79. The molecule has 0 radical (unpaired) electrons. The van der Waals surface area contributed by atoms with Gasteiger partial charge in [-0.1, -0.05) is 24.3 Å². The highest BCUT2D eigenvalue weighted by Gasteiger charge is 2.30. The van der Waals surface area contributed by atoms with Crippen molar-refractivity contribution >= 4 is 15.9 Å². The van der Waals surface area contributed by atoms with E-state index in [1.807, 2.05) is 38.1 Å². The summed E-state index contributed by atoms with van der Waals surface area (Å²) in [4.78, 5) is 12.5. The molecule has 1 aromatic carbocycles. The largest absolute Gasteiger partial charge is 0.374 e. The first kappa shape index (κ1) is 20.9. The van der Waals surface area contributed by atoms with Crippen molar-refractivity contribution in [2.45, 2.75) is 52.9 Å². The fraction of sp³-hybridized carbons (Fsp3) is 0.632. The zero-order chi connectivity index (χ0) is 19.2. The number of hydrogen-bond donors (Lipinski definition) is 1. The van der Waals surface area contributed by atoms with E-state index in [4.69, 9.17) is 4.74 Å². The molecule has 1 saturated heterocycles. The van der Waals surface area contributed by atoms with E-state index in [2.05, 4.69) is 5.32 Å². The number of sulfonamides is 1. The summed E-state index contributed by atoms with van der Waals surface area (Å²) in [5.41, 5.74) is 2.12. The molecule has 0 spiro atoms. The molecule has 1 aromatic rings. The van der Waals surface area contributed by atoms with Gasteiger partial charge in [-0.05, 0) is 44.7 Å². The van der Waals surface area contributed by atoms with Gasteiger partial charge < -0.3 is 10.1 Å². The fourth-order valence-electron chi connectivity index (χ4n) is 3.03. The molecule has 1 heterocycles. The molecule has 0 bridgehead atoms. The van der Waals surface area contributed by atoms with Crippen molar-refractivity contribution in [1.82, 2.24) is 9.62 Å². The van der Waals surface area contributed by atoms with Crippen LogP contribution in [0.5, 0.6) is 0 Å². The van der Waals surface area contributed by atoms with Crippen LogP contribution < -0.4 is 5.32 Å². The van der Waals surface area contributed by atoms with Gasteiger partial charge in [0.1, 0.15) is 0 Å². The first-order valence-corrected chi connectivity index (χ1v) is 10.9. The summed E-state index contributed by atoms with van der Waals surface area (Å²) < 4.78 is 31.0. The minimum atomic E-state index is -3.16. The maximum absolute atomic E-state index is 12.5. The molecule has 1 amide bonds. The summed E-state index contributed by atoms with van der Waals surface area (Å²) in [6.07, 6.45) is 1.30. The molecule has 6 nitrogen and oxygen atoms in total. The molecular formula is C19H30N2O4S. The van der Waals surface area contributed by atoms with Gasteiger partial charge in [0, 0.05) is 25.6 Å². The third-order valence-electron chi connectivity index (χ3n) is 4.73. The smallest absolute Gasteiger partial charge is 0.223 e. The molecule has 0 unspecified atom stereocenters. The molecule has 1 N–H and O–H groups in total. The Morgan fingerprint density at radius 3 is 2.42 bits per heavy atom. The first-order valence-electron chi connectivity index (χ1n) is 9.27. The van der Waals surface area contributed by atoms with Gasteiger partial charge in [0.2, 0.25) is 15.9 Å². The SMILES string of the molecule is CCS(=O)(=O)N1CCC(C(=O)NCc2ccccc2COC(C)C)CC1. The van der Waals surface area contributed by atoms with Gasteiger partial charge in [-0.15, -0.1) is 0 Å². The molecule has 1 fully saturated rings. The summed E-state index contributed by atoms with van der Waals surface area (Å²) in [5, 5.41) is 3.00. The maximum Gasteiger partial charge on any atom is 0.223 e. The Bertz CT molecular complexity index is 695. The quantitative estimate of drug-likeness (QED) is 0.748. The van der Waals surface area contributed by atoms with Gasteiger partial charge in [0.05, 0.1) is 18.5 Å². The lowest BCUT2D eigenvalue weighted by Crippen LogP contribution is -2.43. The van der Waals surface area contributed by atoms with Crippen LogP contribution >= 0.6 is 0 Å². The lowest BCUT2D eigenvalue weighted by Gasteiger charge is -2.30. The van der Waals surface area contributed by atoms with Gasteiger partial charge >= 0.3 is 0 Å². The minimum Gasteiger partial charge on any atom is -0.374 e. The van der Waals surface area contributed by atoms with E-state index < -0.39 is 10.0 Å². The van der Waals surface area contributed by atoms with Gasteiger partial charge in [0.25, 0.3) is 0 Å². The standard InChI is InChI=1S/C19H30N2O4S/c1-4-26(23,24)21-11-9-16(10-12-21)19(22)20-13-17-7-5-6-8-18(17)14-25-15(2)3/h5-8,15-16H,4,9-14H2,1-3H3,(H,20,22). The molecule has 1 aliphatic heterocycles. The van der Waals surface area contributed by atoms with Crippen molar-refractivity contribution in [3.63, 3.8) is 0 Å². The van der Waals surface area contributed by atoms with E-state index in [0.29, 0.717) is 39.1 Å². The van der Waals surface area contributed by atoms with E-state index >= 15 is 0 Å². The number of carbonyl (C=O) groups is 1. The van der Waals surface area contributed by atoms with Crippen LogP contribution in [0.2, 0.25) is 0 Å². The van der Waals surface area contributed by atoms with Gasteiger partial charge in [-0.2, -0.15) is 0 Å². The second-order valence-corrected chi connectivity index (χ2v) is 9.18. The maximum atomic E-state index is 12.5. The van der Waals surface area contributed by atoms with Crippen molar-refractivity contribution < 1.29 is 17.9 Å². The first-order chi connectivity index (χ1) is 12.3. The minimum absolute atomic E-state index is 0.00173. The number of ether oxygens (including phenoxy) is 1. The second-order valence-electron chi connectivity index (χ2n) is 6.92. The van der Waals surface area contributed by atoms with E-state index in [1.54, 1.807) is 6.92 Å². The van der Waals surface area contributed by atoms with E-state index in [9.17, 15) is 13.2 Å². The van der Waals surface area contributed by atoms with Crippen LogP contribution in [0.4, 0.5) is 0 Å². The summed E-state index contributed by atoms with van der Waals surface area (Å²) in [6.45, 7) is 7.47. The van der Waals surface area contributed by atoms with E-state index in [-0.39, 0.29) is 23.7 Å². The van der Waals surface area contributed by atoms with E-state index in [1.165, 1.54) is 4.31 Å². The molecule has 0 aromatic heterocycles. The number of rotatable bonds is 8. The number of carbonyl (C=O) groups excluding carboxylic acids is 1. The van der Waals surface area contributed by atoms with Crippen LogP contribution in [-0.4, -0.2) is 43.6 Å². The van der Waals surface area contributed by atoms with E-state index in [0.717, 1.165) is 11.1 Å². The number of hydrogen-bond acceptors (Lipinski definition) is 4. The Morgan fingerprint density at radius 1 is 1.23 bits per heavy atom. The summed E-state index contributed by atoms with van der Waals surface area (Å²) in [5.74, 6) is -0.0189. The number of benzene rings is 1. The number of nitrogens with one attached hydrogen (secondary N) is 1. The molecule has 146 valence electrons. The summed E-state index contributed by atoms with van der Waals surface area (Å²) >= 11 is 0. The van der Waals surface area contributed by atoms with Crippen LogP contribution in [-0.2, 0) is 32.7 Å². The van der Waals surface area contributed by atoms with Gasteiger partial charge in [-0.25, -0.2) is 12.7 Å². The molecule has 2 rings (SSSR count). The highest BCUT2D eigenvalue weighted by Crippen LogP contribution is 2.20. The topological polar surface area (TPSA) is 75.7 Å². The van der Waals surface area contributed by atoms with Crippen molar-refractivity contribution in [3.8, 4) is 0 Å². The molecule has 0 saturated carbocycles. The third-order valence-corrected chi connectivity index (χ3v) is 6.61. The number of amides is 1. The van der Waals surface area contributed by atoms with Gasteiger partial charge in [-0.3, -0.25) is 4.79 Å². The molecule has 1 aliphatic rings. The second kappa shape index (κ2) is 9.48. The van der Waals surface area contributed by atoms with Gasteiger partial charge in [0.15, 0.2) is 0 Å². The average molecular weight is 383 g/mol. The fourth-order valence-corrected chi connectivity index (χ4v) is 4.16. The van der Waals surface area contributed by atoms with Crippen LogP contribution in [0.1, 0.15) is 44.7 Å². The Morgan fingerprint density at radius 2 is 1.85 bits per heavy atom. The number of nitrogens with zero attached hydrogens (tertiary/aromatic N) is 1. The van der Waals surface area contributed by atoms with Crippen molar-refractivity contribution in [1.29, 1.82) is 0 Å². The number of piperidine rings is 1. The van der Waals surface area contributed by atoms with Crippen LogP contribution in [0.15, 0.2) is 24.3 Å². The molecule has 7 heteroatoms.